The van der Waals surface area contributed by atoms with Crippen LogP contribution in [0.3, 0.4) is 0 Å². The fourth-order valence-electron chi connectivity index (χ4n) is 2.26. The Labute approximate surface area is 132 Å². The fourth-order valence-corrected chi connectivity index (χ4v) is 2.26. The van der Waals surface area contributed by atoms with Crippen molar-refractivity contribution in [3.05, 3.63) is 29.9 Å². The summed E-state index contributed by atoms with van der Waals surface area (Å²) >= 11 is 0. The van der Waals surface area contributed by atoms with Gasteiger partial charge in [0.25, 0.3) is 5.91 Å². The van der Waals surface area contributed by atoms with Crippen LogP contribution in [0.5, 0.6) is 0 Å². The topological polar surface area (TPSA) is 104 Å². The van der Waals surface area contributed by atoms with Crippen molar-refractivity contribution >= 4 is 24.0 Å². The second kappa shape index (κ2) is 6.42. The summed E-state index contributed by atoms with van der Waals surface area (Å²) in [5.74, 6) is 1.23. The van der Waals surface area contributed by atoms with Gasteiger partial charge in [0, 0.05) is 32.2 Å². The Bertz CT molecular complexity index is 691. The molecular weight excluding hydrogens is 300 g/mol. The number of amides is 2. The number of hydrogen-bond acceptors (Lipinski definition) is 7. The van der Waals surface area contributed by atoms with Crippen molar-refractivity contribution in [2.45, 2.75) is 6.92 Å². The van der Waals surface area contributed by atoms with E-state index in [0.717, 1.165) is 6.41 Å². The van der Waals surface area contributed by atoms with Crippen molar-refractivity contribution in [2.75, 3.05) is 36.4 Å². The van der Waals surface area contributed by atoms with Crippen LogP contribution in [0, 0.1) is 6.92 Å². The van der Waals surface area contributed by atoms with E-state index in [-0.39, 0.29) is 5.69 Å². The van der Waals surface area contributed by atoms with Gasteiger partial charge in [0.1, 0.15) is 17.3 Å². The lowest BCUT2D eigenvalue weighted by Gasteiger charge is -2.33. The van der Waals surface area contributed by atoms with E-state index in [2.05, 4.69) is 20.4 Å². The number of rotatable bonds is 4. The van der Waals surface area contributed by atoms with Crippen LogP contribution in [0.2, 0.25) is 0 Å². The predicted molar refractivity (Wildman–Crippen MR) is 81.1 cm³/mol. The summed E-state index contributed by atoms with van der Waals surface area (Å²) in [5, 5.41) is 6.28. The normalized spacial score (nSPS) is 14.7. The molecule has 1 N–H and O–H groups in total. The van der Waals surface area contributed by atoms with Gasteiger partial charge in [-0.15, -0.1) is 0 Å². The molecule has 2 amide bonds. The smallest absolute Gasteiger partial charge is 0.277 e. The SMILES string of the molecule is Cc1cc(NC(=O)c2cnc(N3CCN(C=O)CC3)cn2)no1. The van der Waals surface area contributed by atoms with Crippen molar-refractivity contribution in [3.63, 3.8) is 0 Å². The molecule has 0 aromatic carbocycles. The van der Waals surface area contributed by atoms with Crippen LogP contribution in [0.4, 0.5) is 11.6 Å². The summed E-state index contributed by atoms with van der Waals surface area (Å²) in [6.07, 6.45) is 3.82. The highest BCUT2D eigenvalue weighted by Crippen LogP contribution is 2.13. The van der Waals surface area contributed by atoms with Gasteiger partial charge in [0.05, 0.1) is 12.4 Å². The molecule has 0 atom stereocenters. The molecule has 2 aromatic rings. The van der Waals surface area contributed by atoms with Gasteiger partial charge < -0.3 is 19.6 Å². The minimum Gasteiger partial charge on any atom is -0.360 e. The highest BCUT2D eigenvalue weighted by Gasteiger charge is 2.18. The van der Waals surface area contributed by atoms with Gasteiger partial charge in [-0.3, -0.25) is 9.59 Å². The third-order valence-electron chi connectivity index (χ3n) is 3.53. The first-order chi connectivity index (χ1) is 11.2. The first-order valence-electron chi connectivity index (χ1n) is 7.17. The average Bonchev–Trinajstić information content (AvgIpc) is 3.00. The summed E-state index contributed by atoms with van der Waals surface area (Å²) in [6.45, 7) is 4.42. The van der Waals surface area contributed by atoms with E-state index in [9.17, 15) is 9.59 Å². The lowest BCUT2D eigenvalue weighted by molar-refractivity contribution is -0.118. The Kier molecular flexibility index (Phi) is 4.18. The zero-order valence-corrected chi connectivity index (χ0v) is 12.6. The zero-order valence-electron chi connectivity index (χ0n) is 12.6. The molecule has 2 aromatic heterocycles. The Balaban J connectivity index is 1.62. The number of aromatic nitrogens is 3. The van der Waals surface area contributed by atoms with E-state index in [1.165, 1.54) is 6.20 Å². The lowest BCUT2D eigenvalue weighted by Crippen LogP contribution is -2.46. The molecule has 9 heteroatoms. The molecule has 3 heterocycles. The molecule has 0 unspecified atom stereocenters. The van der Waals surface area contributed by atoms with E-state index in [1.807, 2.05) is 4.90 Å². The maximum atomic E-state index is 12.0. The Morgan fingerprint density at radius 3 is 2.61 bits per heavy atom. The maximum Gasteiger partial charge on any atom is 0.277 e. The quantitative estimate of drug-likeness (QED) is 0.809. The number of nitrogens with zero attached hydrogens (tertiary/aromatic N) is 5. The summed E-state index contributed by atoms with van der Waals surface area (Å²) in [6, 6.07) is 1.62. The maximum absolute atomic E-state index is 12.0. The number of hydrogen-bond donors (Lipinski definition) is 1. The van der Waals surface area contributed by atoms with E-state index < -0.39 is 5.91 Å². The number of carbonyl (C=O) groups excluding carboxylic acids is 2. The van der Waals surface area contributed by atoms with Crippen molar-refractivity contribution in [1.29, 1.82) is 0 Å². The summed E-state index contributed by atoms with van der Waals surface area (Å²) < 4.78 is 4.88. The van der Waals surface area contributed by atoms with Crippen molar-refractivity contribution in [3.8, 4) is 0 Å². The molecule has 1 aliphatic heterocycles. The van der Waals surface area contributed by atoms with Gasteiger partial charge in [-0.05, 0) is 6.92 Å². The molecule has 0 spiro atoms. The highest BCUT2D eigenvalue weighted by molar-refractivity contribution is 6.02. The molecule has 3 rings (SSSR count). The third kappa shape index (κ3) is 3.44. The molecule has 1 saturated heterocycles. The molecule has 9 nitrogen and oxygen atoms in total. The predicted octanol–water partition coefficient (Wildman–Crippen LogP) is 0.304. The van der Waals surface area contributed by atoms with Crippen molar-refractivity contribution < 1.29 is 14.1 Å². The first-order valence-corrected chi connectivity index (χ1v) is 7.17. The molecular formula is C14H16N6O3. The highest BCUT2D eigenvalue weighted by atomic mass is 16.5. The first kappa shape index (κ1) is 14.9. The number of aryl methyl sites for hydroxylation is 1. The molecule has 1 aliphatic rings. The Morgan fingerprint density at radius 2 is 2.04 bits per heavy atom. The summed E-state index contributed by atoms with van der Waals surface area (Å²) in [4.78, 5) is 34.9. The monoisotopic (exact) mass is 316 g/mol. The minimum absolute atomic E-state index is 0.195. The molecule has 0 radical (unpaired) electrons. The van der Waals surface area contributed by atoms with E-state index in [1.54, 1.807) is 24.1 Å². The number of piperazine rings is 1. The van der Waals surface area contributed by atoms with Crippen LogP contribution < -0.4 is 10.2 Å². The van der Waals surface area contributed by atoms with Gasteiger partial charge >= 0.3 is 0 Å². The summed E-state index contributed by atoms with van der Waals surface area (Å²) in [5.41, 5.74) is 0.195. The van der Waals surface area contributed by atoms with Crippen LogP contribution in [0.25, 0.3) is 0 Å². The Hall–Kier alpha value is -2.97. The van der Waals surface area contributed by atoms with Gasteiger partial charge in [-0.1, -0.05) is 5.16 Å². The zero-order chi connectivity index (χ0) is 16.2. The third-order valence-corrected chi connectivity index (χ3v) is 3.53. The second-order valence-corrected chi connectivity index (χ2v) is 5.17. The number of anilines is 2. The molecule has 0 bridgehead atoms. The van der Waals surface area contributed by atoms with Crippen LogP contribution >= 0.6 is 0 Å². The average molecular weight is 316 g/mol. The summed E-state index contributed by atoms with van der Waals surface area (Å²) in [7, 11) is 0. The second-order valence-electron chi connectivity index (χ2n) is 5.17. The number of carbonyl (C=O) groups is 2. The van der Waals surface area contributed by atoms with Gasteiger partial charge in [-0.25, -0.2) is 9.97 Å². The number of nitrogens with one attached hydrogen (secondary N) is 1. The Morgan fingerprint density at radius 1 is 1.26 bits per heavy atom. The van der Waals surface area contributed by atoms with E-state index in [0.29, 0.717) is 43.6 Å². The van der Waals surface area contributed by atoms with Crippen LogP contribution in [-0.4, -0.2) is 58.5 Å². The van der Waals surface area contributed by atoms with Crippen LogP contribution in [-0.2, 0) is 4.79 Å². The van der Waals surface area contributed by atoms with Crippen LogP contribution in [0.1, 0.15) is 16.2 Å². The molecule has 0 saturated carbocycles. The largest absolute Gasteiger partial charge is 0.360 e. The molecule has 0 aliphatic carbocycles. The minimum atomic E-state index is -0.400. The fraction of sp³-hybridized carbons (Fsp3) is 0.357. The van der Waals surface area contributed by atoms with Gasteiger partial charge in [-0.2, -0.15) is 0 Å². The standard InChI is InChI=1S/C14H16N6O3/c1-10-6-12(18-23-10)17-14(22)11-7-16-13(8-15-11)20-4-2-19(9-21)3-5-20/h6-9H,2-5H2,1H3,(H,17,18,22). The van der Waals surface area contributed by atoms with Gasteiger partial charge in [0.2, 0.25) is 6.41 Å². The molecule has 1 fully saturated rings. The van der Waals surface area contributed by atoms with E-state index in [4.69, 9.17) is 4.52 Å². The van der Waals surface area contributed by atoms with E-state index >= 15 is 0 Å². The lowest BCUT2D eigenvalue weighted by atomic mass is 10.3. The van der Waals surface area contributed by atoms with Crippen molar-refractivity contribution in [2.24, 2.45) is 0 Å². The molecule has 120 valence electrons. The van der Waals surface area contributed by atoms with Crippen LogP contribution in [0.15, 0.2) is 23.0 Å². The van der Waals surface area contributed by atoms with Gasteiger partial charge in [0.15, 0.2) is 5.82 Å². The van der Waals surface area contributed by atoms with Crippen molar-refractivity contribution in [1.82, 2.24) is 20.0 Å². The molecule has 23 heavy (non-hydrogen) atoms.